The second kappa shape index (κ2) is 8.86. The summed E-state index contributed by atoms with van der Waals surface area (Å²) in [5.74, 6) is 1.93. The number of piperazine rings is 1. The number of hydrogen-bond acceptors (Lipinski definition) is 4. The van der Waals surface area contributed by atoms with Crippen molar-refractivity contribution in [2.45, 2.75) is 38.8 Å². The number of aromatic nitrogens is 1. The van der Waals surface area contributed by atoms with Crippen molar-refractivity contribution in [3.05, 3.63) is 18.0 Å². The summed E-state index contributed by atoms with van der Waals surface area (Å²) in [4.78, 5) is 9.26. The maximum absolute atomic E-state index is 4.90. The van der Waals surface area contributed by atoms with Crippen LogP contribution in [0.3, 0.4) is 0 Å². The molecular weight excluding hydrogens is 405 g/mol. The molecule has 2 fully saturated rings. The summed E-state index contributed by atoms with van der Waals surface area (Å²) in [5, 5.41) is 7.62. The second-order valence-electron chi connectivity index (χ2n) is 6.34. The van der Waals surface area contributed by atoms with Gasteiger partial charge in [0, 0.05) is 51.9 Å². The zero-order valence-electron chi connectivity index (χ0n) is 14.1. The lowest BCUT2D eigenvalue weighted by Gasteiger charge is -2.36. The largest absolute Gasteiger partial charge is 0.364 e. The SMILES string of the molecule is CCCC1CC1NC(=NC)N1CCN(Cc2ccon2)CC1.I. The standard InChI is InChI=1S/C16H27N5O.HI/c1-3-4-13-11-15(13)18-16(17-2)21-8-6-20(7-9-21)12-14-5-10-22-19-14;/h5,10,13,15H,3-4,6-9,11-12H2,1-2H3,(H,17,18);1H. The van der Waals surface area contributed by atoms with Crippen LogP contribution in [0.15, 0.2) is 21.8 Å². The van der Waals surface area contributed by atoms with E-state index in [1.807, 2.05) is 13.1 Å². The van der Waals surface area contributed by atoms with E-state index in [9.17, 15) is 0 Å². The highest BCUT2D eigenvalue weighted by Crippen LogP contribution is 2.34. The monoisotopic (exact) mass is 433 g/mol. The molecule has 1 aromatic heterocycles. The van der Waals surface area contributed by atoms with E-state index in [2.05, 4.69) is 32.2 Å². The number of nitrogens with one attached hydrogen (secondary N) is 1. The molecule has 2 heterocycles. The number of guanidine groups is 1. The van der Waals surface area contributed by atoms with Gasteiger partial charge in [0.15, 0.2) is 5.96 Å². The van der Waals surface area contributed by atoms with Crippen LogP contribution in [-0.2, 0) is 6.54 Å². The van der Waals surface area contributed by atoms with Gasteiger partial charge in [-0.2, -0.15) is 0 Å². The minimum absolute atomic E-state index is 0. The zero-order chi connectivity index (χ0) is 15.4. The Morgan fingerprint density at radius 2 is 2.17 bits per heavy atom. The van der Waals surface area contributed by atoms with Gasteiger partial charge < -0.3 is 14.7 Å². The Labute approximate surface area is 155 Å². The number of nitrogens with zero attached hydrogens (tertiary/aromatic N) is 4. The van der Waals surface area contributed by atoms with Crippen molar-refractivity contribution < 1.29 is 4.52 Å². The van der Waals surface area contributed by atoms with Crippen LogP contribution >= 0.6 is 24.0 Å². The first-order chi connectivity index (χ1) is 10.8. The van der Waals surface area contributed by atoms with Crippen molar-refractivity contribution in [2.24, 2.45) is 10.9 Å². The maximum Gasteiger partial charge on any atom is 0.193 e. The first-order valence-electron chi connectivity index (χ1n) is 8.40. The van der Waals surface area contributed by atoms with Crippen molar-refractivity contribution in [1.29, 1.82) is 0 Å². The van der Waals surface area contributed by atoms with Crippen LogP contribution < -0.4 is 5.32 Å². The van der Waals surface area contributed by atoms with E-state index in [4.69, 9.17) is 4.52 Å². The van der Waals surface area contributed by atoms with Crippen molar-refractivity contribution >= 4 is 29.9 Å². The van der Waals surface area contributed by atoms with E-state index < -0.39 is 0 Å². The van der Waals surface area contributed by atoms with Gasteiger partial charge in [-0.25, -0.2) is 0 Å². The lowest BCUT2D eigenvalue weighted by Crippen LogP contribution is -2.52. The topological polar surface area (TPSA) is 56.9 Å². The average Bonchev–Trinajstić information content (AvgIpc) is 3.05. The molecule has 1 aromatic rings. The minimum Gasteiger partial charge on any atom is -0.364 e. The fraction of sp³-hybridized carbons (Fsp3) is 0.750. The Morgan fingerprint density at radius 1 is 1.39 bits per heavy atom. The molecule has 2 aliphatic rings. The molecule has 0 aromatic carbocycles. The zero-order valence-corrected chi connectivity index (χ0v) is 16.4. The highest BCUT2D eigenvalue weighted by atomic mass is 127. The summed E-state index contributed by atoms with van der Waals surface area (Å²) in [7, 11) is 1.89. The Hall–Kier alpha value is -0.830. The van der Waals surface area contributed by atoms with Crippen molar-refractivity contribution in [3.8, 4) is 0 Å². The fourth-order valence-corrected chi connectivity index (χ4v) is 3.24. The van der Waals surface area contributed by atoms with Crippen LogP contribution in [0.25, 0.3) is 0 Å². The molecule has 1 saturated carbocycles. The molecular formula is C16H28IN5O. The molecule has 23 heavy (non-hydrogen) atoms. The summed E-state index contributed by atoms with van der Waals surface area (Å²) in [6.07, 6.45) is 5.56. The van der Waals surface area contributed by atoms with Crippen molar-refractivity contribution in [3.63, 3.8) is 0 Å². The van der Waals surface area contributed by atoms with E-state index in [0.29, 0.717) is 6.04 Å². The van der Waals surface area contributed by atoms with Gasteiger partial charge in [-0.05, 0) is 18.8 Å². The first kappa shape index (κ1) is 18.5. The van der Waals surface area contributed by atoms with E-state index in [-0.39, 0.29) is 24.0 Å². The molecule has 0 spiro atoms. The van der Waals surface area contributed by atoms with Gasteiger partial charge in [-0.1, -0.05) is 18.5 Å². The van der Waals surface area contributed by atoms with Gasteiger partial charge >= 0.3 is 0 Å². The third-order valence-corrected chi connectivity index (χ3v) is 4.66. The third kappa shape index (κ3) is 5.07. The highest BCUT2D eigenvalue weighted by molar-refractivity contribution is 14.0. The molecule has 1 aliphatic heterocycles. The number of halogens is 1. The van der Waals surface area contributed by atoms with Crippen LogP contribution in [-0.4, -0.2) is 60.2 Å². The highest BCUT2D eigenvalue weighted by Gasteiger charge is 2.37. The molecule has 7 heteroatoms. The van der Waals surface area contributed by atoms with Gasteiger partial charge in [0.05, 0.1) is 5.69 Å². The summed E-state index contributed by atoms with van der Waals surface area (Å²) >= 11 is 0. The van der Waals surface area contributed by atoms with Crippen LogP contribution in [0, 0.1) is 5.92 Å². The van der Waals surface area contributed by atoms with E-state index in [0.717, 1.165) is 50.3 Å². The third-order valence-electron chi connectivity index (χ3n) is 4.66. The van der Waals surface area contributed by atoms with Crippen LogP contribution in [0.2, 0.25) is 0 Å². The van der Waals surface area contributed by atoms with Gasteiger partial charge in [-0.3, -0.25) is 9.89 Å². The number of rotatable bonds is 5. The molecule has 6 nitrogen and oxygen atoms in total. The second-order valence-corrected chi connectivity index (χ2v) is 6.34. The normalized spacial score (nSPS) is 25.1. The Balaban J connectivity index is 0.00000192. The Bertz CT molecular complexity index is 485. The predicted molar refractivity (Wildman–Crippen MR) is 102 cm³/mol. The number of aliphatic imine (C=N–C) groups is 1. The fourth-order valence-electron chi connectivity index (χ4n) is 3.24. The van der Waals surface area contributed by atoms with E-state index in [1.54, 1.807) is 6.26 Å². The molecule has 1 saturated heterocycles. The van der Waals surface area contributed by atoms with Crippen molar-refractivity contribution in [2.75, 3.05) is 33.2 Å². The first-order valence-corrected chi connectivity index (χ1v) is 8.40. The van der Waals surface area contributed by atoms with Gasteiger partial charge in [-0.15, -0.1) is 24.0 Å². The number of hydrogen-bond donors (Lipinski definition) is 1. The molecule has 130 valence electrons. The summed E-state index contributed by atoms with van der Waals surface area (Å²) < 4.78 is 4.90. The van der Waals surface area contributed by atoms with Gasteiger partial charge in [0.1, 0.15) is 6.26 Å². The lowest BCUT2D eigenvalue weighted by atomic mass is 10.2. The van der Waals surface area contributed by atoms with Crippen LogP contribution in [0.5, 0.6) is 0 Å². The molecule has 0 bridgehead atoms. The Kier molecular flexibility index (Phi) is 7.13. The van der Waals surface area contributed by atoms with Gasteiger partial charge in [0.25, 0.3) is 0 Å². The van der Waals surface area contributed by atoms with Gasteiger partial charge in [0.2, 0.25) is 0 Å². The summed E-state index contributed by atoms with van der Waals surface area (Å²) in [5.41, 5.74) is 1.01. The van der Waals surface area contributed by atoms with E-state index >= 15 is 0 Å². The molecule has 2 unspecified atom stereocenters. The van der Waals surface area contributed by atoms with Crippen LogP contribution in [0.4, 0.5) is 0 Å². The molecule has 1 aliphatic carbocycles. The molecule has 2 atom stereocenters. The maximum atomic E-state index is 4.90. The average molecular weight is 433 g/mol. The smallest absolute Gasteiger partial charge is 0.193 e. The molecule has 3 rings (SSSR count). The summed E-state index contributed by atoms with van der Waals surface area (Å²) in [6.45, 7) is 7.24. The minimum atomic E-state index is 0. The summed E-state index contributed by atoms with van der Waals surface area (Å²) in [6, 6.07) is 2.58. The quantitative estimate of drug-likeness (QED) is 0.438. The predicted octanol–water partition coefficient (Wildman–Crippen LogP) is 2.17. The molecule has 1 N–H and O–H groups in total. The Morgan fingerprint density at radius 3 is 2.78 bits per heavy atom. The molecule has 0 radical (unpaired) electrons. The van der Waals surface area contributed by atoms with Crippen LogP contribution in [0.1, 0.15) is 31.9 Å². The van der Waals surface area contributed by atoms with E-state index in [1.165, 1.54) is 19.3 Å². The lowest BCUT2D eigenvalue weighted by molar-refractivity contribution is 0.169. The van der Waals surface area contributed by atoms with Crippen molar-refractivity contribution in [1.82, 2.24) is 20.3 Å². The molecule has 0 amide bonds.